The molecule has 0 bridgehead atoms. The predicted molar refractivity (Wildman–Crippen MR) is 438 cm³/mol. The fraction of sp³-hybridized carbons (Fsp3) is 0.977. The number of unbranched alkanes of at least 4 members (excludes halogenated alkanes) is 51. The fourth-order valence-electron chi connectivity index (χ4n) is 13.6. The van der Waals surface area contributed by atoms with Crippen LogP contribution in [0.2, 0.25) is 0 Å². The van der Waals surface area contributed by atoms with Gasteiger partial charge in [-0.15, -0.1) is 0 Å². The van der Waals surface area contributed by atoms with Gasteiger partial charge in [0.1, 0.15) is 0 Å². The molecule has 16 nitrogen and oxygen atoms in total. The summed E-state index contributed by atoms with van der Waals surface area (Å²) in [5.74, 6) is -0.229. The highest BCUT2D eigenvalue weighted by atomic mass is 31.2. The van der Waals surface area contributed by atoms with Crippen molar-refractivity contribution >= 4 is 27.5 Å². The number of phosphoric ester groups is 2. The monoisotopic (exact) mass is 1520 g/mol. The maximum atomic E-state index is 13.3. The number of amides is 2. The van der Waals surface area contributed by atoms with Gasteiger partial charge in [0, 0.05) is 39.3 Å². The topological polar surface area (TPSA) is 207 Å². The van der Waals surface area contributed by atoms with Crippen LogP contribution in [0.15, 0.2) is 0 Å². The second-order valence-corrected chi connectivity index (χ2v) is 33.8. The van der Waals surface area contributed by atoms with Crippen LogP contribution in [0.5, 0.6) is 0 Å². The summed E-state index contributed by atoms with van der Waals surface area (Å²) >= 11 is 0. The standard InChI is InChI=1S/C86H174N2O14P2/c1-7-13-19-25-29-33-37-39-43-51-59-67-85(89)87-81(77-95-75-69-83(65-57-49-23-17-11-5)97-71-61-53-45-41-35-31-27-21-15-9-3)79-101-103(91,92)99-73-63-55-47-48-56-64-74-100-104(93,94)102-80-82(88-86(90)68-60-52-44-40-38-34-30-26-20-14-8-2)78-96-76-70-84(66-58-50-24-18-12-6)98-72-62-54-46-42-36-32-28-22-16-10-4/h81-84H,7-80H2,1-6H3,(H,87,89)(H,88,90)(H,91,92)(H,93,94)/t81?,82?,83-,84-/m1/s1. The Morgan fingerprint density at radius 3 is 0.740 bits per heavy atom. The maximum absolute atomic E-state index is 13.3. The maximum Gasteiger partial charge on any atom is 0.472 e. The van der Waals surface area contributed by atoms with Crippen molar-refractivity contribution in [2.45, 2.75) is 477 Å². The molecule has 0 radical (unpaired) electrons. The second-order valence-electron chi connectivity index (χ2n) is 30.9. The number of nitrogens with one attached hydrogen (secondary N) is 2. The quantitative estimate of drug-likeness (QED) is 0.0330. The predicted octanol–water partition coefficient (Wildman–Crippen LogP) is 26.1. The van der Waals surface area contributed by atoms with Gasteiger partial charge in [0.2, 0.25) is 11.8 Å². The van der Waals surface area contributed by atoms with Crippen molar-refractivity contribution in [1.82, 2.24) is 10.6 Å². The molecule has 6 atom stereocenters. The lowest BCUT2D eigenvalue weighted by atomic mass is 10.1. The first kappa shape index (κ1) is 103. The van der Waals surface area contributed by atoms with Crippen molar-refractivity contribution in [2.75, 3.05) is 66.1 Å². The molecule has 0 aromatic rings. The molecule has 2 amide bonds. The molecule has 4 N–H and O–H groups in total. The minimum Gasteiger partial charge on any atom is -0.379 e. The molecule has 0 aliphatic rings. The molecule has 0 aliphatic heterocycles. The van der Waals surface area contributed by atoms with Crippen molar-refractivity contribution in [3.8, 4) is 0 Å². The first-order chi connectivity index (χ1) is 50.8. The number of carbonyl (C=O) groups excluding carboxylic acids is 2. The first-order valence-electron chi connectivity index (χ1n) is 45.1. The van der Waals surface area contributed by atoms with Gasteiger partial charge in [-0.25, -0.2) is 9.13 Å². The SMILES string of the molecule is CCCCCCCCCCCCCC(=O)NC(COCC[C@@H](CCCCCCC)OCCCCCCCCCCCC)COP(=O)(O)OCCCCCCCCOP(=O)(O)OCC(COCC[C@@H](CCCCCCC)OCCCCCCCCCCCC)NC(=O)CCCCCCCCCCCCC. The zero-order valence-electron chi connectivity index (χ0n) is 69.3. The molecule has 0 aromatic heterocycles. The lowest BCUT2D eigenvalue weighted by Gasteiger charge is -2.22. The van der Waals surface area contributed by atoms with Crippen molar-refractivity contribution in [3.63, 3.8) is 0 Å². The van der Waals surface area contributed by atoms with E-state index in [9.17, 15) is 28.5 Å². The fourth-order valence-corrected chi connectivity index (χ4v) is 15.2. The third-order valence-electron chi connectivity index (χ3n) is 20.4. The van der Waals surface area contributed by atoms with Crippen LogP contribution in [0.1, 0.15) is 452 Å². The molecule has 0 fully saturated rings. The van der Waals surface area contributed by atoms with Crippen LogP contribution in [0.25, 0.3) is 0 Å². The number of hydrogen-bond acceptors (Lipinski definition) is 12. The van der Waals surface area contributed by atoms with E-state index in [1.165, 1.54) is 270 Å². The van der Waals surface area contributed by atoms with Gasteiger partial charge in [-0.2, -0.15) is 0 Å². The van der Waals surface area contributed by atoms with Gasteiger partial charge >= 0.3 is 15.6 Å². The van der Waals surface area contributed by atoms with Crippen LogP contribution >= 0.6 is 15.6 Å². The number of rotatable bonds is 89. The summed E-state index contributed by atoms with van der Waals surface area (Å²) in [6.45, 7) is 15.9. The van der Waals surface area contributed by atoms with Gasteiger partial charge in [0.15, 0.2) is 0 Å². The number of hydrogen-bond donors (Lipinski definition) is 4. The Morgan fingerprint density at radius 1 is 0.260 bits per heavy atom. The minimum absolute atomic E-state index is 0.0344. The van der Waals surface area contributed by atoms with Crippen LogP contribution in [-0.2, 0) is 55.8 Å². The molecule has 0 saturated carbocycles. The van der Waals surface area contributed by atoms with Crippen molar-refractivity contribution in [1.29, 1.82) is 0 Å². The molecule has 18 heteroatoms. The highest BCUT2D eigenvalue weighted by Gasteiger charge is 2.27. The first-order valence-corrected chi connectivity index (χ1v) is 48.0. The van der Waals surface area contributed by atoms with E-state index >= 15 is 0 Å². The second kappa shape index (κ2) is 81.5. The van der Waals surface area contributed by atoms with Crippen LogP contribution in [0.4, 0.5) is 0 Å². The van der Waals surface area contributed by atoms with E-state index in [4.69, 9.17) is 37.0 Å². The van der Waals surface area contributed by atoms with Gasteiger partial charge in [-0.05, 0) is 64.2 Å². The van der Waals surface area contributed by atoms with Crippen LogP contribution < -0.4 is 10.6 Å². The van der Waals surface area contributed by atoms with E-state index < -0.39 is 27.7 Å². The Kier molecular flexibility index (Phi) is 80.7. The smallest absolute Gasteiger partial charge is 0.379 e. The summed E-state index contributed by atoms with van der Waals surface area (Å²) in [6.07, 6.45) is 72.8. The highest BCUT2D eigenvalue weighted by Crippen LogP contribution is 2.44. The van der Waals surface area contributed by atoms with E-state index in [1.54, 1.807) is 0 Å². The van der Waals surface area contributed by atoms with Gasteiger partial charge in [0.25, 0.3) is 0 Å². The Balaban J connectivity index is 5.31. The summed E-state index contributed by atoms with van der Waals surface area (Å²) in [6, 6.07) is -1.25. The number of phosphoric acid groups is 2. The lowest BCUT2D eigenvalue weighted by Crippen LogP contribution is -2.41. The molecule has 0 aliphatic carbocycles. The molecular formula is C86H174N2O14P2. The number of ether oxygens (including phenoxy) is 4. The molecule has 0 aromatic carbocycles. The Morgan fingerprint density at radius 2 is 0.481 bits per heavy atom. The van der Waals surface area contributed by atoms with Gasteiger partial charge in [-0.1, -0.05) is 375 Å². The highest BCUT2D eigenvalue weighted by molar-refractivity contribution is 7.47. The zero-order chi connectivity index (χ0) is 75.9. The third kappa shape index (κ3) is 77.7. The summed E-state index contributed by atoms with van der Waals surface area (Å²) in [7, 11) is -8.86. The van der Waals surface area contributed by atoms with E-state index in [-0.39, 0.29) is 63.7 Å². The van der Waals surface area contributed by atoms with E-state index in [1.807, 2.05) is 0 Å². The largest absolute Gasteiger partial charge is 0.472 e. The van der Waals surface area contributed by atoms with Gasteiger partial charge < -0.3 is 39.4 Å². The Hall–Kier alpha value is -1.00. The molecule has 0 spiro atoms. The third-order valence-corrected chi connectivity index (χ3v) is 22.4. The van der Waals surface area contributed by atoms with Gasteiger partial charge in [0.05, 0.1) is 63.9 Å². The van der Waals surface area contributed by atoms with Gasteiger partial charge in [-0.3, -0.25) is 27.7 Å². The van der Waals surface area contributed by atoms with E-state index in [0.717, 1.165) is 129 Å². The summed E-state index contributed by atoms with van der Waals surface area (Å²) < 4.78 is 73.7. The summed E-state index contributed by atoms with van der Waals surface area (Å²) in [5.41, 5.74) is 0. The molecule has 0 heterocycles. The summed E-state index contributed by atoms with van der Waals surface area (Å²) in [5, 5.41) is 6.09. The molecule has 104 heavy (non-hydrogen) atoms. The molecule has 622 valence electrons. The van der Waals surface area contributed by atoms with Crippen molar-refractivity contribution < 1.29 is 65.5 Å². The molecular weight excluding hydrogens is 1350 g/mol. The number of carbonyl (C=O) groups is 2. The molecule has 4 unspecified atom stereocenters. The van der Waals surface area contributed by atoms with Crippen LogP contribution in [-0.4, -0.2) is 112 Å². The zero-order valence-corrected chi connectivity index (χ0v) is 71.1. The van der Waals surface area contributed by atoms with Crippen molar-refractivity contribution in [3.05, 3.63) is 0 Å². The van der Waals surface area contributed by atoms with Crippen molar-refractivity contribution in [2.24, 2.45) is 0 Å². The van der Waals surface area contributed by atoms with Crippen LogP contribution in [0.3, 0.4) is 0 Å². The van der Waals surface area contributed by atoms with Crippen LogP contribution in [0, 0.1) is 0 Å². The normalized spacial score (nSPS) is 14.2. The Labute approximate surface area is 643 Å². The summed E-state index contributed by atoms with van der Waals surface area (Å²) in [4.78, 5) is 48.2. The average Bonchev–Trinajstić information content (AvgIpc) is 0.941. The molecule has 0 rings (SSSR count). The molecule has 0 saturated heterocycles. The Bertz CT molecular complexity index is 1730. The minimum atomic E-state index is -4.43. The average molecular weight is 1520 g/mol. The van der Waals surface area contributed by atoms with E-state index in [0.29, 0.717) is 38.9 Å². The van der Waals surface area contributed by atoms with E-state index in [2.05, 4.69) is 52.2 Å². The lowest BCUT2D eigenvalue weighted by molar-refractivity contribution is -0.123.